The molecule has 1 aromatic heterocycles. The highest BCUT2D eigenvalue weighted by Gasteiger charge is 2.13. The summed E-state index contributed by atoms with van der Waals surface area (Å²) in [5.74, 6) is 1.06. The van der Waals surface area contributed by atoms with E-state index in [0.29, 0.717) is 42.1 Å². The predicted octanol–water partition coefficient (Wildman–Crippen LogP) is 3.65. The molecular weight excluding hydrogens is 448 g/mol. The average molecular weight is 473 g/mol. The smallest absolute Gasteiger partial charge is 0.270 e. The molecule has 1 heterocycles. The standard InChI is InChI=1S/C22H24N6O4.ClH/c1-32-18-9-7-15(8-10-18)19-14-20(16-5-4-6-17(13-16)28(30)31)26-22(25-19)27-21(23)24-11-2-3-12-29;/h4-10,13-14,29H,2-3,11-12H2,1H3,(H3,23,24,25,26,27);1H. The average Bonchev–Trinajstić information content (AvgIpc) is 2.82. The van der Waals surface area contributed by atoms with Gasteiger partial charge in [-0.1, -0.05) is 12.1 Å². The van der Waals surface area contributed by atoms with Gasteiger partial charge in [0, 0.05) is 36.4 Å². The van der Waals surface area contributed by atoms with Crippen LogP contribution in [0.2, 0.25) is 0 Å². The number of aromatic nitrogens is 2. The quantitative estimate of drug-likeness (QED) is 0.140. The Hall–Kier alpha value is -3.76. The number of benzene rings is 2. The first kappa shape index (κ1) is 25.5. The van der Waals surface area contributed by atoms with E-state index in [1.807, 2.05) is 24.3 Å². The van der Waals surface area contributed by atoms with Crippen molar-refractivity contribution in [3.8, 4) is 28.3 Å². The molecule has 3 aromatic rings. The van der Waals surface area contributed by atoms with Gasteiger partial charge in [-0.3, -0.25) is 20.4 Å². The van der Waals surface area contributed by atoms with Crippen molar-refractivity contribution in [3.63, 3.8) is 0 Å². The van der Waals surface area contributed by atoms with Crippen LogP contribution in [0.3, 0.4) is 0 Å². The molecule has 174 valence electrons. The second-order valence-electron chi connectivity index (χ2n) is 6.82. The van der Waals surface area contributed by atoms with Crippen LogP contribution in [-0.2, 0) is 0 Å². The Morgan fingerprint density at radius 1 is 1.12 bits per heavy atom. The van der Waals surface area contributed by atoms with E-state index in [9.17, 15) is 10.1 Å². The molecule has 11 heteroatoms. The van der Waals surface area contributed by atoms with Gasteiger partial charge in [0.25, 0.3) is 5.69 Å². The number of unbranched alkanes of at least 4 members (excludes halogenated alkanes) is 1. The van der Waals surface area contributed by atoms with Gasteiger partial charge < -0.3 is 15.6 Å². The molecule has 0 bridgehead atoms. The number of non-ortho nitro benzene ring substituents is 1. The van der Waals surface area contributed by atoms with Crippen molar-refractivity contribution in [2.45, 2.75) is 12.8 Å². The Morgan fingerprint density at radius 3 is 2.45 bits per heavy atom. The fourth-order valence-corrected chi connectivity index (χ4v) is 2.92. The van der Waals surface area contributed by atoms with Gasteiger partial charge >= 0.3 is 0 Å². The number of nitro benzene ring substituents is 1. The highest BCUT2D eigenvalue weighted by molar-refractivity contribution is 5.91. The first-order valence-electron chi connectivity index (χ1n) is 9.96. The molecule has 0 aliphatic heterocycles. The number of nitrogens with zero attached hydrogens (tertiary/aromatic N) is 4. The van der Waals surface area contributed by atoms with Crippen LogP contribution in [0.1, 0.15) is 12.8 Å². The summed E-state index contributed by atoms with van der Waals surface area (Å²) >= 11 is 0. The van der Waals surface area contributed by atoms with Crippen LogP contribution in [0.4, 0.5) is 11.6 Å². The highest BCUT2D eigenvalue weighted by Crippen LogP contribution is 2.28. The molecule has 0 spiro atoms. The fraction of sp³-hybridized carbons (Fsp3) is 0.227. The SMILES string of the molecule is COc1ccc(-c2cc(-c3cccc([N+](=O)[O-])c3)nc(NC(N)=NCCCCO)n2)cc1.Cl. The minimum absolute atomic E-state index is 0. The molecule has 0 saturated heterocycles. The Bertz CT molecular complexity index is 1110. The number of methoxy groups -OCH3 is 1. The molecule has 3 rings (SSSR count). The number of nitrogens with one attached hydrogen (secondary N) is 1. The lowest BCUT2D eigenvalue weighted by Gasteiger charge is -2.10. The van der Waals surface area contributed by atoms with Crippen molar-refractivity contribution in [2.75, 3.05) is 25.6 Å². The lowest BCUT2D eigenvalue weighted by molar-refractivity contribution is -0.384. The maximum atomic E-state index is 11.2. The number of halogens is 1. The van der Waals surface area contributed by atoms with E-state index in [1.54, 1.807) is 25.3 Å². The lowest BCUT2D eigenvalue weighted by Crippen LogP contribution is -2.24. The topological polar surface area (TPSA) is 149 Å². The van der Waals surface area contributed by atoms with E-state index >= 15 is 0 Å². The van der Waals surface area contributed by atoms with Gasteiger partial charge in [0.1, 0.15) is 5.75 Å². The highest BCUT2D eigenvalue weighted by atomic mass is 35.5. The Morgan fingerprint density at radius 2 is 1.82 bits per heavy atom. The zero-order chi connectivity index (χ0) is 22.9. The second kappa shape index (κ2) is 12.3. The predicted molar refractivity (Wildman–Crippen MR) is 130 cm³/mol. The third kappa shape index (κ3) is 7.13. The van der Waals surface area contributed by atoms with Gasteiger partial charge in [-0.15, -0.1) is 12.4 Å². The summed E-state index contributed by atoms with van der Waals surface area (Å²) in [7, 11) is 1.59. The van der Waals surface area contributed by atoms with Gasteiger partial charge in [0.15, 0.2) is 5.96 Å². The summed E-state index contributed by atoms with van der Waals surface area (Å²) in [4.78, 5) is 24.0. The van der Waals surface area contributed by atoms with E-state index in [0.717, 1.165) is 5.56 Å². The minimum Gasteiger partial charge on any atom is -0.497 e. The van der Waals surface area contributed by atoms with Crippen molar-refractivity contribution in [3.05, 3.63) is 64.7 Å². The van der Waals surface area contributed by atoms with Crippen LogP contribution in [0.15, 0.2) is 59.6 Å². The monoisotopic (exact) mass is 472 g/mol. The van der Waals surface area contributed by atoms with Crippen LogP contribution in [0.25, 0.3) is 22.5 Å². The number of nitrogens with two attached hydrogens (primary N) is 1. The van der Waals surface area contributed by atoms with Crippen molar-refractivity contribution in [1.29, 1.82) is 0 Å². The maximum absolute atomic E-state index is 11.2. The first-order chi connectivity index (χ1) is 15.5. The summed E-state index contributed by atoms with van der Waals surface area (Å²) in [5, 5.41) is 22.9. The van der Waals surface area contributed by atoms with Crippen LogP contribution in [-0.4, -0.2) is 46.2 Å². The number of ether oxygens (including phenoxy) is 1. The zero-order valence-corrected chi connectivity index (χ0v) is 18.8. The zero-order valence-electron chi connectivity index (χ0n) is 18.0. The Balaban J connectivity index is 0.00000385. The van der Waals surface area contributed by atoms with E-state index in [4.69, 9.17) is 15.6 Å². The van der Waals surface area contributed by atoms with E-state index in [-0.39, 0.29) is 36.6 Å². The molecule has 4 N–H and O–H groups in total. The summed E-state index contributed by atoms with van der Waals surface area (Å²) in [6.07, 6.45) is 1.34. The normalized spacial score (nSPS) is 10.9. The molecule has 0 aliphatic carbocycles. The molecule has 0 saturated carbocycles. The third-order valence-corrected chi connectivity index (χ3v) is 4.55. The molecule has 0 fully saturated rings. The van der Waals surface area contributed by atoms with E-state index in [2.05, 4.69) is 20.3 Å². The largest absolute Gasteiger partial charge is 0.497 e. The number of guanidine groups is 1. The Kier molecular flexibility index (Phi) is 9.52. The van der Waals surface area contributed by atoms with Crippen molar-refractivity contribution >= 4 is 30.0 Å². The Labute approximate surface area is 197 Å². The van der Waals surface area contributed by atoms with Gasteiger partial charge in [0.2, 0.25) is 5.95 Å². The van der Waals surface area contributed by atoms with Gasteiger partial charge in [-0.2, -0.15) is 0 Å². The van der Waals surface area contributed by atoms with Gasteiger partial charge in [0.05, 0.1) is 23.4 Å². The van der Waals surface area contributed by atoms with Crippen LogP contribution in [0.5, 0.6) is 5.75 Å². The van der Waals surface area contributed by atoms with E-state index < -0.39 is 4.92 Å². The molecular formula is C22H25ClN6O4. The summed E-state index contributed by atoms with van der Waals surface area (Å²) in [5.41, 5.74) is 8.38. The number of hydrogen-bond acceptors (Lipinski definition) is 7. The minimum atomic E-state index is -0.453. The molecule has 0 radical (unpaired) electrons. The molecule has 0 atom stereocenters. The first-order valence-corrected chi connectivity index (χ1v) is 9.96. The van der Waals surface area contributed by atoms with Crippen LogP contribution >= 0.6 is 12.4 Å². The molecule has 10 nitrogen and oxygen atoms in total. The molecule has 0 amide bonds. The summed E-state index contributed by atoms with van der Waals surface area (Å²) in [6.45, 7) is 0.553. The third-order valence-electron chi connectivity index (χ3n) is 4.55. The number of aliphatic hydroxyl groups excluding tert-OH is 1. The fourth-order valence-electron chi connectivity index (χ4n) is 2.92. The molecule has 0 unspecified atom stereocenters. The van der Waals surface area contributed by atoms with Gasteiger partial charge in [-0.05, 0) is 43.2 Å². The van der Waals surface area contributed by atoms with Crippen molar-refractivity contribution in [2.24, 2.45) is 10.7 Å². The number of hydrogen-bond donors (Lipinski definition) is 3. The number of aliphatic hydroxyl groups is 1. The number of nitro groups is 1. The van der Waals surface area contributed by atoms with E-state index in [1.165, 1.54) is 12.1 Å². The number of anilines is 1. The number of rotatable bonds is 9. The summed E-state index contributed by atoms with van der Waals surface area (Å²) in [6, 6.07) is 15.3. The molecule has 0 aliphatic rings. The van der Waals surface area contributed by atoms with Crippen molar-refractivity contribution in [1.82, 2.24) is 9.97 Å². The van der Waals surface area contributed by atoms with Crippen molar-refractivity contribution < 1.29 is 14.8 Å². The maximum Gasteiger partial charge on any atom is 0.270 e. The molecule has 33 heavy (non-hydrogen) atoms. The summed E-state index contributed by atoms with van der Waals surface area (Å²) < 4.78 is 5.21. The van der Waals surface area contributed by atoms with Gasteiger partial charge in [-0.25, -0.2) is 9.97 Å². The lowest BCUT2D eigenvalue weighted by atomic mass is 10.1. The molecule has 2 aromatic carbocycles. The second-order valence-corrected chi connectivity index (χ2v) is 6.82. The van der Waals surface area contributed by atoms with Crippen LogP contribution in [0, 0.1) is 10.1 Å². The van der Waals surface area contributed by atoms with Crippen LogP contribution < -0.4 is 15.8 Å². The number of aliphatic imine (C=N–C) groups is 1.